The van der Waals surface area contributed by atoms with Gasteiger partial charge in [0.1, 0.15) is 0 Å². The lowest BCUT2D eigenvalue weighted by Gasteiger charge is -1.83. The van der Waals surface area contributed by atoms with Crippen molar-refractivity contribution in [3.63, 3.8) is 0 Å². The van der Waals surface area contributed by atoms with Gasteiger partial charge in [0.15, 0.2) is 0 Å². The van der Waals surface area contributed by atoms with Crippen molar-refractivity contribution < 1.29 is 14.4 Å². The summed E-state index contributed by atoms with van der Waals surface area (Å²) < 4.78 is 9.10. The lowest BCUT2D eigenvalue weighted by Crippen LogP contribution is -1.60. The summed E-state index contributed by atoms with van der Waals surface area (Å²) in [7, 11) is -4.14. The van der Waals surface area contributed by atoms with Gasteiger partial charge in [-0.25, -0.2) is 0 Å². The predicted molar refractivity (Wildman–Crippen MR) is 16.3 cm³/mol. The zero-order valence-corrected chi connectivity index (χ0v) is 3.22. The normalized spacial score (nSPS) is 11.8. The van der Waals surface area contributed by atoms with Crippen molar-refractivity contribution in [1.82, 2.24) is 0 Å². The van der Waals surface area contributed by atoms with Crippen molar-refractivity contribution in [3.05, 3.63) is 6.66 Å². The lowest BCUT2D eigenvalue weighted by molar-refractivity contribution is 0.385. The molecule has 3 nitrogen and oxygen atoms in total. The van der Waals surface area contributed by atoms with Gasteiger partial charge in [-0.15, -0.1) is 0 Å². The second-order valence-electron chi connectivity index (χ2n) is 0.589. The molecule has 0 bridgehead atoms. The number of hydrogen-bond donors (Lipinski definition) is 2. The molecule has 0 aliphatic heterocycles. The summed E-state index contributed by atoms with van der Waals surface area (Å²) in [5, 5.41) is 0. The van der Waals surface area contributed by atoms with Crippen molar-refractivity contribution in [1.29, 1.82) is 0 Å². The van der Waals surface area contributed by atoms with Gasteiger partial charge >= 0.3 is 7.60 Å². The third-order valence-corrected chi connectivity index (χ3v) is 0. The molecule has 5 heavy (non-hydrogen) atoms. The molecule has 30 valence electrons. The van der Waals surface area contributed by atoms with E-state index < -0.39 is 7.60 Å². The van der Waals surface area contributed by atoms with Crippen molar-refractivity contribution >= 4 is 7.60 Å². The fourth-order valence-corrected chi connectivity index (χ4v) is 0. The van der Waals surface area contributed by atoms with E-state index in [-0.39, 0.29) is 0 Å². The Morgan fingerprint density at radius 2 is 1.60 bits per heavy atom. The first-order valence-electron chi connectivity index (χ1n) is 0.841. The van der Waals surface area contributed by atoms with Crippen LogP contribution >= 0.6 is 7.60 Å². The largest absolute Gasteiger partial charge is 0.330 e. The third-order valence-electron chi connectivity index (χ3n) is 0. The first kappa shape index (κ1) is 5.15. The molecule has 0 atom stereocenters. The molecule has 0 saturated carbocycles. The maximum absolute atomic E-state index is 9.10. The number of hydrogen-bond acceptors (Lipinski definition) is 1. The smallest absolute Gasteiger partial charge is 0.324 e. The minimum Gasteiger partial charge on any atom is -0.324 e. The SMILES string of the molecule is [CH]P(=O)(O)O. The molecular weight excluding hydrogens is 91.0 g/mol. The van der Waals surface area contributed by atoms with Crippen LogP contribution in [0.2, 0.25) is 0 Å². The highest BCUT2D eigenvalue weighted by molar-refractivity contribution is 7.53. The monoisotopic (exact) mass is 94.0 g/mol. The maximum Gasteiger partial charge on any atom is 0.330 e. The van der Waals surface area contributed by atoms with Crippen LogP contribution in [0.5, 0.6) is 0 Å². The molecule has 0 aromatic heterocycles. The fourth-order valence-electron chi connectivity index (χ4n) is 0. The molecule has 0 saturated heterocycles. The molecule has 0 spiro atoms. The predicted octanol–water partition coefficient (Wildman–Crippen LogP) is -0.167. The van der Waals surface area contributed by atoms with E-state index in [9.17, 15) is 0 Å². The Bertz CT molecular complexity index is 53.0. The van der Waals surface area contributed by atoms with Gasteiger partial charge in [0.2, 0.25) is 0 Å². The van der Waals surface area contributed by atoms with E-state index in [1.165, 1.54) is 0 Å². The van der Waals surface area contributed by atoms with Gasteiger partial charge in [-0.3, -0.25) is 4.57 Å². The number of rotatable bonds is 0. The van der Waals surface area contributed by atoms with E-state index in [1.807, 2.05) is 0 Å². The highest BCUT2D eigenvalue weighted by Crippen LogP contribution is 2.30. The van der Waals surface area contributed by atoms with Crippen LogP contribution < -0.4 is 0 Å². The average Bonchev–Trinajstić information content (AvgIpc) is 0.722. The molecule has 2 radical (unpaired) electrons. The Labute approximate surface area is 29.8 Å². The zero-order chi connectivity index (χ0) is 4.50. The van der Waals surface area contributed by atoms with E-state index in [1.54, 1.807) is 0 Å². The molecule has 0 unspecified atom stereocenters. The molecule has 0 amide bonds. The van der Waals surface area contributed by atoms with E-state index >= 15 is 0 Å². The van der Waals surface area contributed by atoms with E-state index in [2.05, 4.69) is 6.66 Å². The summed E-state index contributed by atoms with van der Waals surface area (Å²) in [6, 6.07) is 0. The summed E-state index contributed by atoms with van der Waals surface area (Å²) in [4.78, 5) is 14.8. The van der Waals surface area contributed by atoms with Crippen LogP contribution in [0.1, 0.15) is 0 Å². The minimum absolute atomic E-state index is 4.02. The van der Waals surface area contributed by atoms with Gasteiger partial charge in [0.05, 0.1) is 6.66 Å². The van der Waals surface area contributed by atoms with Gasteiger partial charge in [-0.1, -0.05) is 0 Å². The van der Waals surface area contributed by atoms with Crippen molar-refractivity contribution in [2.45, 2.75) is 0 Å². The molecule has 0 fully saturated rings. The summed E-state index contributed by atoms with van der Waals surface area (Å²) in [5.74, 6) is 0. The van der Waals surface area contributed by atoms with Crippen molar-refractivity contribution in [3.8, 4) is 0 Å². The lowest BCUT2D eigenvalue weighted by atomic mass is 12.0. The van der Waals surface area contributed by atoms with Gasteiger partial charge in [-0.2, -0.15) is 0 Å². The Kier molecular flexibility index (Phi) is 1.12. The highest BCUT2D eigenvalue weighted by Gasteiger charge is 1.96. The standard InChI is InChI=1S/CH3O3P/c1-5(2,3)4/h1H,(H2,2,3,4). The first-order chi connectivity index (χ1) is 2.00. The van der Waals surface area contributed by atoms with Crippen LogP contribution in [0.4, 0.5) is 0 Å². The Morgan fingerprint density at radius 3 is 1.60 bits per heavy atom. The molecular formula is CH3O3P. The summed E-state index contributed by atoms with van der Waals surface area (Å²) in [5.41, 5.74) is 0. The summed E-state index contributed by atoms with van der Waals surface area (Å²) in [6.07, 6.45) is 0. The topological polar surface area (TPSA) is 57.5 Å². The van der Waals surface area contributed by atoms with Crippen LogP contribution in [0.15, 0.2) is 0 Å². The summed E-state index contributed by atoms with van der Waals surface area (Å²) >= 11 is 0. The van der Waals surface area contributed by atoms with E-state index in [4.69, 9.17) is 14.4 Å². The van der Waals surface area contributed by atoms with Gasteiger partial charge in [0.25, 0.3) is 0 Å². The van der Waals surface area contributed by atoms with E-state index in [0.717, 1.165) is 0 Å². The van der Waals surface area contributed by atoms with Gasteiger partial charge < -0.3 is 9.79 Å². The van der Waals surface area contributed by atoms with E-state index in [0.29, 0.717) is 0 Å². The zero-order valence-electron chi connectivity index (χ0n) is 2.33. The van der Waals surface area contributed by atoms with Crippen LogP contribution in [0, 0.1) is 6.66 Å². The van der Waals surface area contributed by atoms with Gasteiger partial charge in [-0.05, 0) is 0 Å². The van der Waals surface area contributed by atoms with Crippen LogP contribution in [-0.4, -0.2) is 9.79 Å². The van der Waals surface area contributed by atoms with Crippen LogP contribution in [0.3, 0.4) is 0 Å². The molecule has 0 aromatic carbocycles. The first-order valence-corrected chi connectivity index (χ1v) is 2.52. The second kappa shape index (κ2) is 1.09. The van der Waals surface area contributed by atoms with Crippen LogP contribution in [0.25, 0.3) is 0 Å². The third kappa shape index (κ3) is 853. The molecule has 4 heteroatoms. The molecule has 0 aromatic rings. The Balaban J connectivity index is 3.47. The Hall–Kier alpha value is 0.150. The van der Waals surface area contributed by atoms with Crippen molar-refractivity contribution in [2.75, 3.05) is 0 Å². The molecule has 0 rings (SSSR count). The molecule has 0 heterocycles. The molecule has 2 N–H and O–H groups in total. The van der Waals surface area contributed by atoms with Crippen LogP contribution in [-0.2, 0) is 4.57 Å². The summed E-state index contributed by atoms with van der Waals surface area (Å²) in [6.45, 7) is 4.02. The minimum atomic E-state index is -4.14. The Morgan fingerprint density at radius 1 is 1.60 bits per heavy atom. The molecule has 0 aliphatic carbocycles. The quantitative estimate of drug-likeness (QED) is 0.410. The average molecular weight is 94.0 g/mol. The second-order valence-corrected chi connectivity index (χ2v) is 1.77. The fraction of sp³-hybridized carbons (Fsp3) is 0. The van der Waals surface area contributed by atoms with Gasteiger partial charge in [0, 0.05) is 0 Å². The van der Waals surface area contributed by atoms with Crippen molar-refractivity contribution in [2.24, 2.45) is 0 Å². The molecule has 0 aliphatic rings. The maximum atomic E-state index is 9.10. The highest BCUT2D eigenvalue weighted by atomic mass is 31.2.